The number of amides is 1. The van der Waals surface area contributed by atoms with E-state index >= 15 is 0 Å². The summed E-state index contributed by atoms with van der Waals surface area (Å²) in [7, 11) is 0. The van der Waals surface area contributed by atoms with E-state index in [1.165, 1.54) is 5.56 Å². The van der Waals surface area contributed by atoms with Gasteiger partial charge in [0.2, 0.25) is 5.91 Å². The van der Waals surface area contributed by atoms with Crippen LogP contribution >= 0.6 is 0 Å². The third-order valence-corrected chi connectivity index (χ3v) is 4.57. The van der Waals surface area contributed by atoms with Gasteiger partial charge in [-0.15, -0.1) is 0 Å². The van der Waals surface area contributed by atoms with Crippen LogP contribution in [-0.2, 0) is 16.6 Å². The molecule has 5 nitrogen and oxygen atoms in total. The molecule has 3 rings (SSSR count). The molecule has 28 heavy (non-hydrogen) atoms. The number of benzene rings is 2. The predicted octanol–water partition coefficient (Wildman–Crippen LogP) is 4.56. The number of carbonyl (C=O) groups is 1. The minimum atomic E-state index is -0.0369. The van der Waals surface area contributed by atoms with E-state index < -0.39 is 0 Å². The van der Waals surface area contributed by atoms with Crippen LogP contribution in [0, 0.1) is 6.92 Å². The molecule has 148 valence electrons. The number of hydrogen-bond donors (Lipinski definition) is 1. The van der Waals surface area contributed by atoms with Crippen LogP contribution in [0.3, 0.4) is 0 Å². The number of hydrogen-bond acceptors (Lipinski definition) is 4. The van der Waals surface area contributed by atoms with Gasteiger partial charge in [-0.25, -0.2) is 4.98 Å². The summed E-state index contributed by atoms with van der Waals surface area (Å²) in [6.07, 6.45) is 0.820. The Morgan fingerprint density at radius 2 is 1.89 bits per heavy atom. The first kappa shape index (κ1) is 19.9. The molecule has 0 bridgehead atoms. The molecule has 0 saturated carbocycles. The molecule has 2 aromatic carbocycles. The van der Waals surface area contributed by atoms with Gasteiger partial charge < -0.3 is 14.5 Å². The first-order chi connectivity index (χ1) is 13.3. The third-order valence-electron chi connectivity index (χ3n) is 4.57. The van der Waals surface area contributed by atoms with Gasteiger partial charge in [-0.2, -0.15) is 0 Å². The fourth-order valence-electron chi connectivity index (χ4n) is 2.91. The van der Waals surface area contributed by atoms with Crippen molar-refractivity contribution in [2.24, 2.45) is 0 Å². The summed E-state index contributed by atoms with van der Waals surface area (Å²) in [5.41, 5.74) is 4.12. The zero-order valence-corrected chi connectivity index (χ0v) is 17.0. The lowest BCUT2D eigenvalue weighted by molar-refractivity contribution is -0.121. The Morgan fingerprint density at radius 3 is 2.61 bits per heavy atom. The lowest BCUT2D eigenvalue weighted by atomic mass is 9.87. The standard InChI is InChI=1S/C23H28N2O3/c1-16-5-10-20-19(15-16)25-22(28-20)12-11-21(26)24-13-14-27-18-8-6-17(7-9-18)23(2,3)4/h5-10,15H,11-14H2,1-4H3,(H,24,26). The zero-order valence-electron chi connectivity index (χ0n) is 17.0. The summed E-state index contributed by atoms with van der Waals surface area (Å²) in [5, 5.41) is 2.87. The molecule has 0 saturated heterocycles. The largest absolute Gasteiger partial charge is 0.492 e. The van der Waals surface area contributed by atoms with Crippen molar-refractivity contribution in [3.63, 3.8) is 0 Å². The highest BCUT2D eigenvalue weighted by atomic mass is 16.5. The molecular weight excluding hydrogens is 352 g/mol. The van der Waals surface area contributed by atoms with Gasteiger partial charge in [0.15, 0.2) is 11.5 Å². The molecule has 5 heteroatoms. The summed E-state index contributed by atoms with van der Waals surface area (Å²) in [4.78, 5) is 16.5. The number of aryl methyl sites for hydroxylation is 2. The number of nitrogens with zero attached hydrogens (tertiary/aromatic N) is 1. The lowest BCUT2D eigenvalue weighted by Gasteiger charge is -2.19. The van der Waals surface area contributed by atoms with Crippen molar-refractivity contribution in [3.8, 4) is 5.75 Å². The summed E-state index contributed by atoms with van der Waals surface area (Å²) in [6, 6.07) is 14.0. The van der Waals surface area contributed by atoms with E-state index in [0.717, 1.165) is 22.4 Å². The molecule has 1 aromatic heterocycles. The van der Waals surface area contributed by atoms with Crippen molar-refractivity contribution >= 4 is 17.0 Å². The van der Waals surface area contributed by atoms with Crippen LogP contribution in [0.4, 0.5) is 0 Å². The maximum Gasteiger partial charge on any atom is 0.220 e. The van der Waals surface area contributed by atoms with Crippen LogP contribution in [0.25, 0.3) is 11.1 Å². The van der Waals surface area contributed by atoms with E-state index in [2.05, 4.69) is 43.2 Å². The van der Waals surface area contributed by atoms with E-state index in [-0.39, 0.29) is 11.3 Å². The van der Waals surface area contributed by atoms with Gasteiger partial charge in [-0.05, 0) is 47.7 Å². The van der Waals surface area contributed by atoms with E-state index in [1.54, 1.807) is 0 Å². The fraction of sp³-hybridized carbons (Fsp3) is 0.391. The Morgan fingerprint density at radius 1 is 1.14 bits per heavy atom. The molecule has 0 radical (unpaired) electrons. The fourth-order valence-corrected chi connectivity index (χ4v) is 2.91. The number of carbonyl (C=O) groups excluding carboxylic acids is 1. The maximum atomic E-state index is 12.0. The second-order valence-electron chi connectivity index (χ2n) is 8.05. The molecule has 1 heterocycles. The number of oxazole rings is 1. The predicted molar refractivity (Wildman–Crippen MR) is 111 cm³/mol. The molecule has 1 amide bonds. The van der Waals surface area contributed by atoms with Crippen LogP contribution in [0.1, 0.15) is 44.2 Å². The van der Waals surface area contributed by atoms with Crippen molar-refractivity contribution < 1.29 is 13.9 Å². The number of nitrogens with one attached hydrogen (secondary N) is 1. The van der Waals surface area contributed by atoms with Gasteiger partial charge >= 0.3 is 0 Å². The highest BCUT2D eigenvalue weighted by Gasteiger charge is 2.13. The third kappa shape index (κ3) is 5.35. The Labute approximate surface area is 166 Å². The molecule has 0 atom stereocenters. The van der Waals surface area contributed by atoms with Gasteiger partial charge in [0.1, 0.15) is 17.9 Å². The molecular formula is C23H28N2O3. The monoisotopic (exact) mass is 380 g/mol. The minimum absolute atomic E-state index is 0.0369. The van der Waals surface area contributed by atoms with E-state index in [9.17, 15) is 4.79 Å². The number of fused-ring (bicyclic) bond motifs is 1. The van der Waals surface area contributed by atoms with E-state index in [0.29, 0.717) is 31.9 Å². The first-order valence-electron chi connectivity index (χ1n) is 9.67. The Hall–Kier alpha value is -2.82. The second-order valence-corrected chi connectivity index (χ2v) is 8.05. The van der Waals surface area contributed by atoms with Gasteiger partial charge in [-0.3, -0.25) is 4.79 Å². The summed E-state index contributed by atoms with van der Waals surface area (Å²) < 4.78 is 11.4. The van der Waals surface area contributed by atoms with Crippen molar-refractivity contribution in [2.45, 2.75) is 46.0 Å². The average Bonchev–Trinajstić information content (AvgIpc) is 3.05. The smallest absolute Gasteiger partial charge is 0.220 e. The topological polar surface area (TPSA) is 64.4 Å². The Bertz CT molecular complexity index is 937. The maximum absolute atomic E-state index is 12.0. The quantitative estimate of drug-likeness (QED) is 0.610. The molecule has 0 unspecified atom stereocenters. The average molecular weight is 380 g/mol. The highest BCUT2D eigenvalue weighted by molar-refractivity contribution is 5.76. The van der Waals surface area contributed by atoms with Crippen molar-refractivity contribution in [1.82, 2.24) is 10.3 Å². The molecule has 3 aromatic rings. The summed E-state index contributed by atoms with van der Waals surface area (Å²) >= 11 is 0. The van der Waals surface area contributed by atoms with Gasteiger partial charge in [-0.1, -0.05) is 39.0 Å². The zero-order chi connectivity index (χ0) is 20.1. The van der Waals surface area contributed by atoms with Crippen molar-refractivity contribution in [1.29, 1.82) is 0 Å². The van der Waals surface area contributed by atoms with Crippen LogP contribution in [0.5, 0.6) is 5.75 Å². The van der Waals surface area contributed by atoms with E-state index in [1.807, 2.05) is 37.3 Å². The van der Waals surface area contributed by atoms with E-state index in [4.69, 9.17) is 9.15 Å². The number of ether oxygens (including phenoxy) is 1. The molecule has 1 N–H and O–H groups in total. The lowest BCUT2D eigenvalue weighted by Crippen LogP contribution is -2.28. The number of aromatic nitrogens is 1. The summed E-state index contributed by atoms with van der Waals surface area (Å²) in [6.45, 7) is 9.46. The first-order valence-corrected chi connectivity index (χ1v) is 9.67. The van der Waals surface area contributed by atoms with Gasteiger partial charge in [0.25, 0.3) is 0 Å². The highest BCUT2D eigenvalue weighted by Crippen LogP contribution is 2.24. The molecule has 0 aliphatic heterocycles. The van der Waals surface area contributed by atoms with Crippen LogP contribution in [0.15, 0.2) is 46.9 Å². The SMILES string of the molecule is Cc1ccc2oc(CCC(=O)NCCOc3ccc(C(C)(C)C)cc3)nc2c1. The minimum Gasteiger partial charge on any atom is -0.492 e. The second kappa shape index (κ2) is 8.46. The molecule has 0 aliphatic rings. The van der Waals surface area contributed by atoms with Gasteiger partial charge in [0.05, 0.1) is 6.54 Å². The van der Waals surface area contributed by atoms with Crippen molar-refractivity contribution in [3.05, 3.63) is 59.5 Å². The molecule has 0 aliphatic carbocycles. The normalized spacial score (nSPS) is 11.6. The Kier molecular flexibility index (Phi) is 6.02. The number of rotatable bonds is 7. The Balaban J connectivity index is 1.38. The molecule has 0 spiro atoms. The van der Waals surface area contributed by atoms with Crippen LogP contribution in [0.2, 0.25) is 0 Å². The molecule has 0 fully saturated rings. The van der Waals surface area contributed by atoms with Crippen molar-refractivity contribution in [2.75, 3.05) is 13.2 Å². The summed E-state index contributed by atoms with van der Waals surface area (Å²) in [5.74, 6) is 1.36. The van der Waals surface area contributed by atoms with Crippen LogP contribution < -0.4 is 10.1 Å². The van der Waals surface area contributed by atoms with Gasteiger partial charge in [0, 0.05) is 12.8 Å². The van der Waals surface area contributed by atoms with Crippen LogP contribution in [-0.4, -0.2) is 24.0 Å².